The second kappa shape index (κ2) is 21.8. The fraction of sp³-hybridized carbons (Fsp3) is 0.513. The van der Waals surface area contributed by atoms with Crippen LogP contribution < -0.4 is 37.6 Å². The molecule has 18 heteroatoms. The Balaban J connectivity index is 2.32. The number of carbonyl (C=O) groups is 7. The van der Waals surface area contributed by atoms with Crippen LogP contribution in [-0.4, -0.2) is 95.5 Å². The van der Waals surface area contributed by atoms with E-state index in [-0.39, 0.29) is 43.8 Å². The maximum Gasteiger partial charge on any atom is 0.407 e. The number of amides is 6. The third-order valence-electron chi connectivity index (χ3n) is 7.68. The molecule has 4 atom stereocenters. The van der Waals surface area contributed by atoms with Gasteiger partial charge in [-0.25, -0.2) is 14.4 Å². The number of alkyl carbamates (subject to hydrolysis) is 2. The van der Waals surface area contributed by atoms with Gasteiger partial charge in [0.15, 0.2) is 6.17 Å². The van der Waals surface area contributed by atoms with Gasteiger partial charge in [-0.2, -0.15) is 0 Å². The zero-order valence-electron chi connectivity index (χ0n) is 33.6. The van der Waals surface area contributed by atoms with E-state index in [1.165, 1.54) is 0 Å². The lowest BCUT2D eigenvalue weighted by molar-refractivity contribution is -0.142. The molecule has 0 bridgehead atoms. The van der Waals surface area contributed by atoms with Crippen molar-refractivity contribution in [1.82, 2.24) is 31.9 Å². The summed E-state index contributed by atoms with van der Waals surface area (Å²) in [5.41, 5.74) is 6.18. The molecule has 57 heavy (non-hydrogen) atoms. The van der Waals surface area contributed by atoms with Crippen molar-refractivity contribution in [1.29, 1.82) is 0 Å². The molecule has 0 aromatic heterocycles. The number of hydrogen-bond donors (Lipinski definition) is 8. The zero-order valence-corrected chi connectivity index (χ0v) is 34.4. The molecule has 0 saturated heterocycles. The van der Waals surface area contributed by atoms with E-state index in [1.54, 1.807) is 91.8 Å². The molecule has 17 nitrogen and oxygen atoms in total. The smallest absolute Gasteiger partial charge is 0.407 e. The molecule has 0 aliphatic rings. The van der Waals surface area contributed by atoms with Gasteiger partial charge in [-0.1, -0.05) is 49.7 Å². The van der Waals surface area contributed by atoms with Crippen LogP contribution in [0.25, 0.3) is 11.1 Å². The number of hydrogen-bond acceptors (Lipinski definition) is 10. The number of carbonyl (C=O) groups excluding carboxylic acids is 6. The Hall–Kier alpha value is -5.42. The predicted octanol–water partition coefficient (Wildman–Crippen LogP) is 3.44. The van der Waals surface area contributed by atoms with Crippen molar-refractivity contribution in [2.75, 3.05) is 13.1 Å². The zero-order chi connectivity index (χ0) is 43.1. The normalized spacial score (nSPS) is 13.5. The fourth-order valence-corrected chi connectivity index (χ4v) is 5.17. The number of nitrogens with two attached hydrogens (primary N) is 1. The number of nitrogens with one attached hydrogen (secondary N) is 6. The topological polar surface area (TPSA) is 256 Å². The Morgan fingerprint density at radius 2 is 1.07 bits per heavy atom. The Morgan fingerprint density at radius 1 is 0.649 bits per heavy atom. The molecule has 314 valence electrons. The van der Waals surface area contributed by atoms with Gasteiger partial charge in [-0.3, -0.25) is 19.2 Å². The number of carboxylic acids is 1. The van der Waals surface area contributed by atoms with Gasteiger partial charge in [-0.05, 0) is 102 Å². The lowest BCUT2D eigenvalue weighted by Crippen LogP contribution is -2.60. The summed E-state index contributed by atoms with van der Waals surface area (Å²) in [6, 6.07) is 9.62. The van der Waals surface area contributed by atoms with Gasteiger partial charge >= 0.3 is 18.2 Å². The van der Waals surface area contributed by atoms with E-state index < -0.39 is 77.3 Å². The maximum absolute atomic E-state index is 13.9. The van der Waals surface area contributed by atoms with Gasteiger partial charge in [0.2, 0.25) is 11.8 Å². The Kier molecular flexibility index (Phi) is 18.2. The van der Waals surface area contributed by atoms with Crippen molar-refractivity contribution < 1.29 is 48.1 Å². The highest BCUT2D eigenvalue weighted by atomic mass is 35.5. The second-order valence-corrected chi connectivity index (χ2v) is 16.1. The Bertz CT molecular complexity index is 1710. The Labute approximate surface area is 337 Å². The van der Waals surface area contributed by atoms with Crippen LogP contribution in [0, 0.1) is 5.92 Å². The minimum atomic E-state index is -1.73. The third-order valence-corrected chi connectivity index (χ3v) is 7.94. The van der Waals surface area contributed by atoms with Crippen LogP contribution >= 0.6 is 11.6 Å². The minimum absolute atomic E-state index is 0.0872. The quantitative estimate of drug-likeness (QED) is 0.101. The first-order valence-corrected chi connectivity index (χ1v) is 18.8. The van der Waals surface area contributed by atoms with Crippen LogP contribution in [0.1, 0.15) is 85.0 Å². The molecule has 2 aromatic rings. The summed E-state index contributed by atoms with van der Waals surface area (Å²) in [4.78, 5) is 90.1. The van der Waals surface area contributed by atoms with E-state index in [0.29, 0.717) is 5.02 Å². The van der Waals surface area contributed by atoms with E-state index in [9.17, 15) is 38.7 Å². The van der Waals surface area contributed by atoms with Crippen LogP contribution in [0.5, 0.6) is 0 Å². The van der Waals surface area contributed by atoms with Crippen molar-refractivity contribution in [3.63, 3.8) is 0 Å². The monoisotopic (exact) mass is 817 g/mol. The Morgan fingerprint density at radius 3 is 1.51 bits per heavy atom. The summed E-state index contributed by atoms with van der Waals surface area (Å²) in [7, 11) is 0. The van der Waals surface area contributed by atoms with E-state index >= 15 is 0 Å². The molecule has 0 fully saturated rings. The number of rotatable bonds is 18. The first-order valence-electron chi connectivity index (χ1n) is 18.4. The van der Waals surface area contributed by atoms with Crippen molar-refractivity contribution in [3.8, 4) is 11.1 Å². The fourth-order valence-electron chi connectivity index (χ4n) is 5.05. The number of ether oxygens (including phenoxy) is 2. The summed E-state index contributed by atoms with van der Waals surface area (Å²) < 4.78 is 10.5. The summed E-state index contributed by atoms with van der Waals surface area (Å²) in [6.45, 7) is 13.2. The van der Waals surface area contributed by atoms with E-state index in [0.717, 1.165) is 11.1 Å². The molecule has 0 aliphatic carbocycles. The predicted molar refractivity (Wildman–Crippen MR) is 213 cm³/mol. The van der Waals surface area contributed by atoms with E-state index in [4.69, 9.17) is 26.8 Å². The largest absolute Gasteiger partial charge is 0.480 e. The molecular weight excluding hydrogens is 762 g/mol. The summed E-state index contributed by atoms with van der Waals surface area (Å²) >= 11 is 6.00. The van der Waals surface area contributed by atoms with Gasteiger partial charge in [0.1, 0.15) is 29.3 Å². The lowest BCUT2D eigenvalue weighted by atomic mass is 10.0. The highest BCUT2D eigenvalue weighted by Gasteiger charge is 2.31. The van der Waals surface area contributed by atoms with Crippen LogP contribution in [0.15, 0.2) is 48.5 Å². The highest BCUT2D eigenvalue weighted by Crippen LogP contribution is 2.22. The molecule has 0 unspecified atom stereocenters. The van der Waals surface area contributed by atoms with Crippen molar-refractivity contribution in [2.24, 2.45) is 11.7 Å². The lowest BCUT2D eigenvalue weighted by Gasteiger charge is -2.26. The molecule has 2 rings (SSSR count). The molecule has 0 spiro atoms. The van der Waals surface area contributed by atoms with Crippen molar-refractivity contribution in [3.05, 3.63) is 59.1 Å². The molecule has 0 aliphatic heterocycles. The van der Waals surface area contributed by atoms with Crippen LogP contribution in [0.3, 0.4) is 0 Å². The molecule has 9 N–H and O–H groups in total. The van der Waals surface area contributed by atoms with Gasteiger partial charge in [-0.15, -0.1) is 0 Å². The molecule has 6 amide bonds. The average Bonchev–Trinajstić information content (AvgIpc) is 3.08. The standard InChI is InChI=1S/C39H56ClN7O10/c1-22(2)21-29(35(52)53)46-34(51)30(41)47-33(50)28(18-20-43-37(55)57-39(6,7)8)45-32(49)27(17-19-42-36(54)56-38(3,4)5)44-31(48)25-11-9-23(10-12-25)24-13-15-26(40)16-14-24/h9-16,22,27-30H,17-21,41H2,1-8H3,(H,42,54)(H,43,55)(H,44,48)(H,45,49)(H,46,51)(H,47,50)(H,52,53)/t27-,28-,29-,30+/m0/s1. The average molecular weight is 818 g/mol. The van der Waals surface area contributed by atoms with Gasteiger partial charge in [0.25, 0.3) is 11.8 Å². The van der Waals surface area contributed by atoms with Gasteiger partial charge in [0, 0.05) is 23.7 Å². The molecule has 0 saturated carbocycles. The van der Waals surface area contributed by atoms with Crippen molar-refractivity contribution in [2.45, 2.75) is 110 Å². The first-order chi connectivity index (χ1) is 26.4. The van der Waals surface area contributed by atoms with Crippen molar-refractivity contribution >= 4 is 53.4 Å². The summed E-state index contributed by atoms with van der Waals surface area (Å²) in [5, 5.41) is 24.9. The number of aliphatic carboxylic acids is 1. The van der Waals surface area contributed by atoms with E-state index in [1.807, 2.05) is 12.1 Å². The van der Waals surface area contributed by atoms with E-state index in [2.05, 4.69) is 31.9 Å². The van der Waals surface area contributed by atoms with Crippen LogP contribution in [0.4, 0.5) is 9.59 Å². The summed E-state index contributed by atoms with van der Waals surface area (Å²) in [5.74, 6) is -4.83. The number of halogens is 1. The second-order valence-electron chi connectivity index (χ2n) is 15.6. The summed E-state index contributed by atoms with van der Waals surface area (Å²) in [6.07, 6.45) is -3.58. The molecule has 0 heterocycles. The first kappa shape index (κ1) is 47.7. The highest BCUT2D eigenvalue weighted by molar-refractivity contribution is 6.30. The SMILES string of the molecule is CC(C)C[C@H](NC(=O)[C@H](N)NC(=O)[C@H](CCNC(=O)OC(C)(C)C)NC(=O)[C@H](CCNC(=O)OC(C)(C)C)NC(=O)c1ccc(-c2ccc(Cl)cc2)cc1)C(=O)O. The van der Waals surface area contributed by atoms with Gasteiger partial charge < -0.3 is 52.2 Å². The number of carboxylic acid groups (broad SMARTS) is 1. The molecular formula is C39H56ClN7O10. The number of benzene rings is 2. The van der Waals surface area contributed by atoms with Gasteiger partial charge in [0.05, 0.1) is 0 Å². The van der Waals surface area contributed by atoms with Crippen LogP contribution in [-0.2, 0) is 28.7 Å². The maximum atomic E-state index is 13.9. The molecule has 2 aromatic carbocycles. The molecule has 0 radical (unpaired) electrons. The third kappa shape index (κ3) is 18.4. The van der Waals surface area contributed by atoms with Crippen LogP contribution in [0.2, 0.25) is 5.02 Å². The minimum Gasteiger partial charge on any atom is -0.480 e.